The van der Waals surface area contributed by atoms with Crippen LogP contribution in [-0.4, -0.2) is 5.37 Å². The predicted octanol–water partition coefficient (Wildman–Crippen LogP) is 5.55. The third-order valence-corrected chi connectivity index (χ3v) is 4.11. The molecule has 19 heavy (non-hydrogen) atoms. The Morgan fingerprint density at radius 1 is 0.947 bits per heavy atom. The first-order valence-electron chi connectivity index (χ1n) is 6.87. The van der Waals surface area contributed by atoms with Crippen LogP contribution >= 0.6 is 11.8 Å². The van der Waals surface area contributed by atoms with Gasteiger partial charge in [0, 0.05) is 10.6 Å². The molecule has 0 aromatic heterocycles. The van der Waals surface area contributed by atoms with Crippen molar-refractivity contribution in [2.24, 2.45) is 0 Å². The van der Waals surface area contributed by atoms with Crippen molar-refractivity contribution in [2.75, 3.05) is 5.32 Å². The van der Waals surface area contributed by atoms with Crippen molar-refractivity contribution in [3.8, 4) is 11.1 Å². The van der Waals surface area contributed by atoms with E-state index in [-0.39, 0.29) is 0 Å². The number of hydrogen-bond acceptors (Lipinski definition) is 2. The maximum atomic E-state index is 3.48. The molecule has 0 aliphatic carbocycles. The van der Waals surface area contributed by atoms with Crippen molar-refractivity contribution in [3.05, 3.63) is 48.0 Å². The summed E-state index contributed by atoms with van der Waals surface area (Å²) in [5.74, 6) is 0. The topological polar surface area (TPSA) is 12.0 Å². The number of anilines is 1. The molecule has 1 aliphatic rings. The summed E-state index contributed by atoms with van der Waals surface area (Å²) in [5.41, 5.74) is 5.13. The van der Waals surface area contributed by atoms with Crippen LogP contribution in [0.1, 0.15) is 26.3 Å². The van der Waals surface area contributed by atoms with Gasteiger partial charge in [0.1, 0.15) is 0 Å². The van der Waals surface area contributed by atoms with Crippen molar-refractivity contribution in [1.82, 2.24) is 0 Å². The minimum Gasteiger partial charge on any atom is -0.372 e. The molecular formula is C17H21NS. The highest BCUT2D eigenvalue weighted by molar-refractivity contribution is 8.00. The van der Waals surface area contributed by atoms with Crippen molar-refractivity contribution in [1.29, 1.82) is 0 Å². The number of rotatable bonds is 1. The van der Waals surface area contributed by atoms with Crippen LogP contribution in [-0.2, 0) is 0 Å². The molecule has 0 amide bonds. The van der Waals surface area contributed by atoms with Gasteiger partial charge in [-0.05, 0) is 37.1 Å². The minimum atomic E-state index is 0.485. The number of aryl methyl sites for hydroxylation is 1. The molecule has 2 aromatic rings. The van der Waals surface area contributed by atoms with E-state index >= 15 is 0 Å². The lowest BCUT2D eigenvalue weighted by Gasteiger charge is -2.05. The lowest BCUT2D eigenvalue weighted by molar-refractivity contribution is 1.15. The zero-order valence-electron chi connectivity index (χ0n) is 12.0. The van der Waals surface area contributed by atoms with Gasteiger partial charge >= 0.3 is 0 Å². The molecule has 0 saturated heterocycles. The number of fused-ring (bicyclic) bond motifs is 1. The smallest absolute Gasteiger partial charge is 0.0741 e. The second-order valence-corrected chi connectivity index (χ2v) is 5.86. The summed E-state index contributed by atoms with van der Waals surface area (Å²) in [5, 5.41) is 3.97. The molecule has 2 heteroatoms. The highest BCUT2D eigenvalue weighted by atomic mass is 32.2. The van der Waals surface area contributed by atoms with Gasteiger partial charge in [-0.2, -0.15) is 0 Å². The molecule has 1 aliphatic heterocycles. The Labute approximate surface area is 120 Å². The van der Waals surface area contributed by atoms with Crippen LogP contribution < -0.4 is 5.32 Å². The first-order valence-corrected chi connectivity index (χ1v) is 7.74. The molecule has 0 saturated carbocycles. The molecule has 1 unspecified atom stereocenters. The molecule has 3 rings (SSSR count). The van der Waals surface area contributed by atoms with Crippen LogP contribution in [0, 0.1) is 6.92 Å². The first kappa shape index (κ1) is 14.0. The average molecular weight is 271 g/mol. The minimum absolute atomic E-state index is 0.485. The molecular weight excluding hydrogens is 250 g/mol. The average Bonchev–Trinajstić information content (AvgIpc) is 2.81. The lowest BCUT2D eigenvalue weighted by Crippen LogP contribution is -2.02. The van der Waals surface area contributed by atoms with Gasteiger partial charge in [-0.15, -0.1) is 0 Å². The van der Waals surface area contributed by atoms with E-state index < -0.39 is 0 Å². The van der Waals surface area contributed by atoms with Gasteiger partial charge < -0.3 is 5.32 Å². The third-order valence-electron chi connectivity index (χ3n) is 3.03. The standard InChI is InChI=1S/C15H15NS.C2H6/c1-10-3-5-12(6-4-10)13-7-8-15-14(9-13)16-11(2)17-15;1-2/h3-9,11,16H,1-2H3;1-2H3. The van der Waals surface area contributed by atoms with E-state index in [0.717, 1.165) is 0 Å². The molecule has 1 N–H and O–H groups in total. The van der Waals surface area contributed by atoms with E-state index in [1.165, 1.54) is 27.3 Å². The van der Waals surface area contributed by atoms with E-state index in [1.54, 1.807) is 0 Å². The highest BCUT2D eigenvalue weighted by Gasteiger charge is 2.17. The van der Waals surface area contributed by atoms with Crippen molar-refractivity contribution in [2.45, 2.75) is 38.0 Å². The largest absolute Gasteiger partial charge is 0.372 e. The van der Waals surface area contributed by atoms with Crippen LogP contribution in [0.5, 0.6) is 0 Å². The second-order valence-electron chi connectivity index (χ2n) is 4.48. The van der Waals surface area contributed by atoms with Gasteiger partial charge in [0.2, 0.25) is 0 Å². The number of hydrogen-bond donors (Lipinski definition) is 1. The van der Waals surface area contributed by atoms with E-state index in [2.05, 4.69) is 61.6 Å². The van der Waals surface area contributed by atoms with E-state index in [0.29, 0.717) is 5.37 Å². The Hall–Kier alpha value is -1.41. The van der Waals surface area contributed by atoms with Crippen molar-refractivity contribution in [3.63, 3.8) is 0 Å². The molecule has 1 heterocycles. The lowest BCUT2D eigenvalue weighted by atomic mass is 10.0. The van der Waals surface area contributed by atoms with Crippen molar-refractivity contribution < 1.29 is 0 Å². The quantitative estimate of drug-likeness (QED) is 0.729. The van der Waals surface area contributed by atoms with Crippen LogP contribution in [0.3, 0.4) is 0 Å². The number of benzene rings is 2. The summed E-state index contributed by atoms with van der Waals surface area (Å²) in [7, 11) is 0. The molecule has 2 aromatic carbocycles. The van der Waals surface area contributed by atoms with Crippen molar-refractivity contribution >= 4 is 17.4 Å². The van der Waals surface area contributed by atoms with Gasteiger partial charge in [-0.1, -0.05) is 61.5 Å². The Balaban J connectivity index is 0.000000637. The monoisotopic (exact) mass is 271 g/mol. The Bertz CT molecular complexity index is 546. The van der Waals surface area contributed by atoms with E-state index in [1.807, 2.05) is 25.6 Å². The SMILES string of the molecule is CC.Cc1ccc(-c2ccc3c(c2)NC(C)S3)cc1. The summed E-state index contributed by atoms with van der Waals surface area (Å²) in [6.07, 6.45) is 0. The predicted molar refractivity (Wildman–Crippen MR) is 86.9 cm³/mol. The maximum absolute atomic E-state index is 3.48. The fraction of sp³-hybridized carbons (Fsp3) is 0.294. The molecule has 1 nitrogen and oxygen atoms in total. The second kappa shape index (κ2) is 6.16. The Morgan fingerprint density at radius 2 is 1.58 bits per heavy atom. The summed E-state index contributed by atoms with van der Waals surface area (Å²) in [6, 6.07) is 15.4. The normalized spacial score (nSPS) is 16.1. The summed E-state index contributed by atoms with van der Waals surface area (Å²) in [6.45, 7) is 8.31. The zero-order chi connectivity index (χ0) is 13.8. The van der Waals surface area contributed by atoms with E-state index in [4.69, 9.17) is 0 Å². The van der Waals surface area contributed by atoms with Gasteiger partial charge in [-0.3, -0.25) is 0 Å². The molecule has 0 fully saturated rings. The van der Waals surface area contributed by atoms with Crippen LogP contribution in [0.4, 0.5) is 5.69 Å². The molecule has 100 valence electrons. The van der Waals surface area contributed by atoms with Gasteiger partial charge in [0.25, 0.3) is 0 Å². The van der Waals surface area contributed by atoms with Gasteiger partial charge in [0.15, 0.2) is 0 Å². The summed E-state index contributed by atoms with van der Waals surface area (Å²) in [4.78, 5) is 1.35. The zero-order valence-corrected chi connectivity index (χ0v) is 12.8. The summed E-state index contributed by atoms with van der Waals surface area (Å²) >= 11 is 1.89. The van der Waals surface area contributed by atoms with E-state index in [9.17, 15) is 0 Å². The fourth-order valence-corrected chi connectivity index (χ4v) is 3.07. The fourth-order valence-electron chi connectivity index (χ4n) is 2.11. The Morgan fingerprint density at radius 3 is 2.26 bits per heavy atom. The number of thioether (sulfide) groups is 1. The van der Waals surface area contributed by atoms with Crippen LogP contribution in [0.25, 0.3) is 11.1 Å². The third kappa shape index (κ3) is 3.13. The van der Waals surface area contributed by atoms with Gasteiger partial charge in [0.05, 0.1) is 5.37 Å². The molecule has 0 spiro atoms. The molecule has 0 bridgehead atoms. The van der Waals surface area contributed by atoms with Gasteiger partial charge in [-0.25, -0.2) is 0 Å². The van der Waals surface area contributed by atoms with Crippen LogP contribution in [0.2, 0.25) is 0 Å². The maximum Gasteiger partial charge on any atom is 0.0741 e. The number of nitrogens with one attached hydrogen (secondary N) is 1. The first-order chi connectivity index (χ1) is 9.22. The Kier molecular flexibility index (Phi) is 4.54. The van der Waals surface area contributed by atoms with Crippen LogP contribution in [0.15, 0.2) is 47.4 Å². The molecule has 1 atom stereocenters. The molecule has 0 radical (unpaired) electrons. The highest BCUT2D eigenvalue weighted by Crippen LogP contribution is 2.40. The summed E-state index contributed by atoms with van der Waals surface area (Å²) < 4.78 is 0.